The SMILES string of the molecule is CS(=O)(=O)CCN1CN(C2c3ccccc3CSc3ccccc32)n2ccc(=O)c(O)c2C1=O. The van der Waals surface area contributed by atoms with Crippen molar-refractivity contribution in [3.8, 4) is 5.75 Å². The van der Waals surface area contributed by atoms with Crippen molar-refractivity contribution in [2.45, 2.75) is 16.7 Å². The molecule has 176 valence electrons. The van der Waals surface area contributed by atoms with Crippen LogP contribution in [0.15, 0.2) is 70.5 Å². The van der Waals surface area contributed by atoms with Crippen LogP contribution in [0.1, 0.15) is 33.2 Å². The minimum Gasteiger partial charge on any atom is -0.502 e. The van der Waals surface area contributed by atoms with Gasteiger partial charge < -0.3 is 10.0 Å². The number of benzene rings is 2. The van der Waals surface area contributed by atoms with Gasteiger partial charge in [-0.25, -0.2) is 8.42 Å². The van der Waals surface area contributed by atoms with E-state index >= 15 is 0 Å². The van der Waals surface area contributed by atoms with Gasteiger partial charge in [-0.2, -0.15) is 0 Å². The number of sulfone groups is 1. The van der Waals surface area contributed by atoms with Crippen LogP contribution >= 0.6 is 11.8 Å². The van der Waals surface area contributed by atoms with Crippen molar-refractivity contribution in [2.75, 3.05) is 30.2 Å². The van der Waals surface area contributed by atoms with E-state index in [1.165, 1.54) is 21.8 Å². The lowest BCUT2D eigenvalue weighted by Crippen LogP contribution is -2.56. The van der Waals surface area contributed by atoms with Gasteiger partial charge in [-0.15, -0.1) is 11.8 Å². The van der Waals surface area contributed by atoms with Gasteiger partial charge in [0.1, 0.15) is 16.5 Å². The predicted octanol–water partition coefficient (Wildman–Crippen LogP) is 2.35. The number of thioether (sulfide) groups is 1. The zero-order valence-electron chi connectivity index (χ0n) is 18.4. The van der Waals surface area contributed by atoms with E-state index in [0.29, 0.717) is 0 Å². The molecule has 2 aromatic carbocycles. The Morgan fingerprint density at radius 3 is 2.50 bits per heavy atom. The minimum atomic E-state index is -3.33. The molecule has 0 spiro atoms. The normalized spacial score (nSPS) is 17.6. The molecule has 3 heterocycles. The van der Waals surface area contributed by atoms with Crippen LogP contribution in [0.2, 0.25) is 0 Å². The standard InChI is InChI=1S/C24H23N3O5S2/c1-34(31,32)13-12-25-15-27(26-11-10-19(28)23(29)22(26)24(25)30)21-17-7-3-2-6-16(17)14-33-20-9-5-4-8-18(20)21/h2-11,21,29H,12-15H2,1H3. The average Bonchev–Trinajstić information content (AvgIpc) is 2.97. The van der Waals surface area contributed by atoms with Crippen molar-refractivity contribution in [3.05, 3.63) is 93.4 Å². The average molecular weight is 498 g/mol. The summed E-state index contributed by atoms with van der Waals surface area (Å²) in [5.74, 6) is -0.681. The Hall–Kier alpha value is -3.24. The van der Waals surface area contributed by atoms with Gasteiger partial charge in [0.25, 0.3) is 5.91 Å². The molecular formula is C24H23N3O5S2. The lowest BCUT2D eigenvalue weighted by Gasteiger charge is -2.44. The lowest BCUT2D eigenvalue weighted by molar-refractivity contribution is 0.0691. The first kappa shape index (κ1) is 22.5. The quantitative estimate of drug-likeness (QED) is 0.591. The molecule has 0 radical (unpaired) electrons. The van der Waals surface area contributed by atoms with Crippen molar-refractivity contribution in [1.29, 1.82) is 0 Å². The molecule has 0 aliphatic carbocycles. The molecule has 10 heteroatoms. The number of rotatable bonds is 4. The summed E-state index contributed by atoms with van der Waals surface area (Å²) >= 11 is 1.73. The van der Waals surface area contributed by atoms with E-state index in [4.69, 9.17) is 0 Å². The number of hydrogen-bond donors (Lipinski definition) is 1. The van der Waals surface area contributed by atoms with E-state index in [9.17, 15) is 23.1 Å². The van der Waals surface area contributed by atoms with Crippen LogP contribution in [0.5, 0.6) is 5.75 Å². The fraction of sp³-hybridized carbons (Fsp3) is 0.250. The third-order valence-electron chi connectivity index (χ3n) is 6.11. The van der Waals surface area contributed by atoms with E-state index in [-0.39, 0.29) is 30.7 Å². The molecule has 8 nitrogen and oxygen atoms in total. The predicted molar refractivity (Wildman–Crippen MR) is 130 cm³/mol. The Morgan fingerprint density at radius 2 is 1.74 bits per heavy atom. The van der Waals surface area contributed by atoms with Crippen LogP contribution in [-0.4, -0.2) is 54.2 Å². The number of pyridine rings is 1. The van der Waals surface area contributed by atoms with Gasteiger partial charge in [-0.3, -0.25) is 19.3 Å². The highest BCUT2D eigenvalue weighted by Crippen LogP contribution is 2.42. The van der Waals surface area contributed by atoms with Crippen LogP contribution in [0.25, 0.3) is 0 Å². The van der Waals surface area contributed by atoms with Crippen molar-refractivity contribution in [3.63, 3.8) is 0 Å². The fourth-order valence-corrected chi connectivity index (χ4v) is 6.10. The number of fused-ring (bicyclic) bond motifs is 3. The van der Waals surface area contributed by atoms with Crippen molar-refractivity contribution in [2.24, 2.45) is 0 Å². The molecule has 1 amide bonds. The highest BCUT2D eigenvalue weighted by atomic mass is 32.2. The smallest absolute Gasteiger partial charge is 0.277 e. The first-order chi connectivity index (χ1) is 16.2. The summed E-state index contributed by atoms with van der Waals surface area (Å²) in [6, 6.07) is 17.0. The van der Waals surface area contributed by atoms with Gasteiger partial charge in [-0.1, -0.05) is 42.5 Å². The van der Waals surface area contributed by atoms with E-state index < -0.39 is 26.9 Å². The zero-order valence-corrected chi connectivity index (χ0v) is 20.1. The van der Waals surface area contributed by atoms with Crippen LogP contribution < -0.4 is 10.4 Å². The Labute approximate surface area is 201 Å². The van der Waals surface area contributed by atoms with Gasteiger partial charge in [0.05, 0.1) is 11.8 Å². The molecule has 0 saturated carbocycles. The van der Waals surface area contributed by atoms with Crippen molar-refractivity contribution in [1.82, 2.24) is 9.58 Å². The highest BCUT2D eigenvalue weighted by Gasteiger charge is 2.38. The van der Waals surface area contributed by atoms with Crippen LogP contribution in [-0.2, 0) is 15.6 Å². The second-order valence-electron chi connectivity index (χ2n) is 8.43. The van der Waals surface area contributed by atoms with Crippen molar-refractivity contribution < 1.29 is 18.3 Å². The zero-order chi connectivity index (χ0) is 24.0. The Kier molecular flexibility index (Phi) is 5.65. The van der Waals surface area contributed by atoms with Crippen LogP contribution in [0.3, 0.4) is 0 Å². The number of amides is 1. The molecule has 1 N–H and O–H groups in total. The molecule has 0 bridgehead atoms. The summed E-state index contributed by atoms with van der Waals surface area (Å²) in [5, 5.41) is 12.5. The summed E-state index contributed by atoms with van der Waals surface area (Å²) in [5.41, 5.74) is 2.38. The topological polar surface area (TPSA) is 99.9 Å². The maximum atomic E-state index is 13.3. The molecule has 34 heavy (non-hydrogen) atoms. The first-order valence-electron chi connectivity index (χ1n) is 10.7. The van der Waals surface area contributed by atoms with E-state index in [0.717, 1.165) is 33.6 Å². The molecule has 1 atom stereocenters. The van der Waals surface area contributed by atoms with Gasteiger partial charge >= 0.3 is 0 Å². The molecular weight excluding hydrogens is 474 g/mol. The number of aromatic nitrogens is 1. The summed E-state index contributed by atoms with van der Waals surface area (Å²) < 4.78 is 25.2. The number of aromatic hydroxyl groups is 1. The lowest BCUT2D eigenvalue weighted by atomic mass is 9.94. The summed E-state index contributed by atoms with van der Waals surface area (Å²) in [7, 11) is -3.33. The highest BCUT2D eigenvalue weighted by molar-refractivity contribution is 7.98. The second kappa shape index (κ2) is 8.52. The molecule has 2 aliphatic heterocycles. The van der Waals surface area contributed by atoms with E-state index in [1.54, 1.807) is 11.8 Å². The Bertz CT molecular complexity index is 1400. The van der Waals surface area contributed by atoms with Gasteiger partial charge in [-0.05, 0) is 22.8 Å². The number of hydrogen-bond acceptors (Lipinski definition) is 7. The monoisotopic (exact) mass is 497 g/mol. The molecule has 0 fully saturated rings. The van der Waals surface area contributed by atoms with E-state index in [2.05, 4.69) is 12.1 Å². The molecule has 5 rings (SSSR count). The summed E-state index contributed by atoms with van der Waals surface area (Å²) in [6.45, 7) is 0.0309. The summed E-state index contributed by atoms with van der Waals surface area (Å²) in [4.78, 5) is 28.0. The Balaban J connectivity index is 1.72. The largest absolute Gasteiger partial charge is 0.502 e. The van der Waals surface area contributed by atoms with Crippen molar-refractivity contribution >= 4 is 27.5 Å². The van der Waals surface area contributed by atoms with Gasteiger partial charge in [0.15, 0.2) is 11.4 Å². The number of nitrogens with zero attached hydrogens (tertiary/aromatic N) is 3. The third-order valence-corrected chi connectivity index (χ3v) is 8.17. The third kappa shape index (κ3) is 3.97. The number of carbonyl (C=O) groups is 1. The van der Waals surface area contributed by atoms with E-state index in [1.807, 2.05) is 41.4 Å². The van der Waals surface area contributed by atoms with Crippen LogP contribution in [0, 0.1) is 0 Å². The van der Waals surface area contributed by atoms with Crippen LogP contribution in [0.4, 0.5) is 0 Å². The Morgan fingerprint density at radius 1 is 1.03 bits per heavy atom. The maximum absolute atomic E-state index is 13.3. The summed E-state index contributed by atoms with van der Waals surface area (Å²) in [6.07, 6.45) is 2.61. The maximum Gasteiger partial charge on any atom is 0.277 e. The molecule has 3 aromatic rings. The minimum absolute atomic E-state index is 0.0541. The molecule has 2 aliphatic rings. The first-order valence-corrected chi connectivity index (χ1v) is 13.8. The number of carbonyl (C=O) groups excluding carboxylic acids is 1. The van der Waals surface area contributed by atoms with Gasteiger partial charge in [0, 0.05) is 35.7 Å². The van der Waals surface area contributed by atoms with Gasteiger partial charge in [0.2, 0.25) is 5.43 Å². The second-order valence-corrected chi connectivity index (χ2v) is 11.7. The fourth-order valence-electron chi connectivity index (χ4n) is 4.46. The molecule has 0 saturated heterocycles. The molecule has 1 unspecified atom stereocenters. The molecule has 1 aromatic heterocycles.